The van der Waals surface area contributed by atoms with Crippen molar-refractivity contribution < 1.29 is 13.2 Å². The topological polar surface area (TPSA) is 51.2 Å². The Morgan fingerprint density at radius 3 is 2.38 bits per heavy atom. The van der Waals surface area contributed by atoms with Crippen molar-refractivity contribution in [1.82, 2.24) is 0 Å². The second kappa shape index (κ2) is 6.43. The van der Waals surface area contributed by atoms with E-state index in [-0.39, 0.29) is 16.6 Å². The average Bonchev–Trinajstić information content (AvgIpc) is 2.00. The number of carbonyl (C=O) groups excluding carboxylic acids is 1. The van der Waals surface area contributed by atoms with E-state index in [0.29, 0.717) is 12.2 Å². The molecule has 0 spiro atoms. The van der Waals surface area contributed by atoms with Gasteiger partial charge in [0.15, 0.2) is 15.0 Å². The molecular formula is C8H16O3S2. The Labute approximate surface area is 84.2 Å². The molecule has 0 bridgehead atoms. The summed E-state index contributed by atoms with van der Waals surface area (Å²) in [5, 5.41) is -0.0225. The summed E-state index contributed by atoms with van der Waals surface area (Å²) >= 11 is 1.07. The molecule has 0 aromatic heterocycles. The van der Waals surface area contributed by atoms with Crippen LogP contribution in [0, 0.1) is 0 Å². The number of rotatable bonds is 6. The van der Waals surface area contributed by atoms with Crippen LogP contribution in [-0.2, 0) is 14.6 Å². The van der Waals surface area contributed by atoms with Crippen LogP contribution in [0.3, 0.4) is 0 Å². The van der Waals surface area contributed by atoms with E-state index in [1.54, 1.807) is 0 Å². The molecule has 0 aromatic carbocycles. The van der Waals surface area contributed by atoms with Crippen LogP contribution in [0.15, 0.2) is 0 Å². The first-order valence-electron chi connectivity index (χ1n) is 4.31. The third-order valence-corrected chi connectivity index (χ3v) is 4.32. The van der Waals surface area contributed by atoms with Gasteiger partial charge in [0.1, 0.15) is 0 Å². The summed E-state index contributed by atoms with van der Waals surface area (Å²) in [6.07, 6.45) is 1.60. The van der Waals surface area contributed by atoms with E-state index in [4.69, 9.17) is 0 Å². The maximum Gasteiger partial charge on any atom is 0.185 e. The number of hydrogen-bond acceptors (Lipinski definition) is 4. The SMILES string of the molecule is CCCCS(=O)(=O)CCSC(C)=O. The van der Waals surface area contributed by atoms with Gasteiger partial charge in [-0.3, -0.25) is 4.79 Å². The van der Waals surface area contributed by atoms with Gasteiger partial charge in [0, 0.05) is 12.7 Å². The molecule has 78 valence electrons. The second-order valence-corrected chi connectivity index (χ2v) is 6.42. The molecule has 0 fully saturated rings. The number of thioether (sulfide) groups is 1. The fourth-order valence-electron chi connectivity index (χ4n) is 0.779. The molecule has 0 N–H and O–H groups in total. The molecule has 0 rings (SSSR count). The second-order valence-electron chi connectivity index (χ2n) is 2.85. The van der Waals surface area contributed by atoms with Crippen LogP contribution >= 0.6 is 11.8 Å². The van der Waals surface area contributed by atoms with Crippen LogP contribution in [0.2, 0.25) is 0 Å². The van der Waals surface area contributed by atoms with Gasteiger partial charge in [0.25, 0.3) is 0 Å². The third kappa shape index (κ3) is 8.30. The molecular weight excluding hydrogens is 208 g/mol. The molecule has 0 saturated heterocycles. The zero-order valence-corrected chi connectivity index (χ0v) is 9.71. The fourth-order valence-corrected chi connectivity index (χ4v) is 3.35. The number of hydrogen-bond donors (Lipinski definition) is 0. The van der Waals surface area contributed by atoms with Crippen molar-refractivity contribution in [2.75, 3.05) is 17.3 Å². The first-order chi connectivity index (χ1) is 5.98. The van der Waals surface area contributed by atoms with E-state index in [2.05, 4.69) is 0 Å². The van der Waals surface area contributed by atoms with Crippen LogP contribution in [0.25, 0.3) is 0 Å². The van der Waals surface area contributed by atoms with Crippen molar-refractivity contribution in [3.05, 3.63) is 0 Å². The molecule has 0 radical (unpaired) electrons. The molecule has 13 heavy (non-hydrogen) atoms. The Bertz CT molecular complexity index is 244. The van der Waals surface area contributed by atoms with Gasteiger partial charge in [-0.1, -0.05) is 25.1 Å². The molecule has 0 aromatic rings. The molecule has 0 amide bonds. The van der Waals surface area contributed by atoms with E-state index < -0.39 is 9.84 Å². The van der Waals surface area contributed by atoms with Crippen molar-refractivity contribution in [2.24, 2.45) is 0 Å². The standard InChI is InChI=1S/C8H16O3S2/c1-3-4-6-13(10,11)7-5-12-8(2)9/h3-7H2,1-2H3. The summed E-state index contributed by atoms with van der Waals surface area (Å²) in [6.45, 7) is 3.41. The van der Waals surface area contributed by atoms with Gasteiger partial charge in [-0.25, -0.2) is 8.42 Å². The van der Waals surface area contributed by atoms with Crippen molar-refractivity contribution in [3.8, 4) is 0 Å². The van der Waals surface area contributed by atoms with Crippen molar-refractivity contribution in [3.63, 3.8) is 0 Å². The van der Waals surface area contributed by atoms with Gasteiger partial charge in [-0.05, 0) is 6.42 Å². The highest BCUT2D eigenvalue weighted by atomic mass is 32.2. The van der Waals surface area contributed by atoms with E-state index in [1.165, 1.54) is 6.92 Å². The number of unbranched alkanes of at least 4 members (excludes halogenated alkanes) is 1. The largest absolute Gasteiger partial charge is 0.288 e. The zero-order valence-electron chi connectivity index (χ0n) is 8.08. The highest BCUT2D eigenvalue weighted by Crippen LogP contribution is 2.04. The Morgan fingerprint density at radius 2 is 1.92 bits per heavy atom. The highest BCUT2D eigenvalue weighted by molar-refractivity contribution is 8.14. The smallest absolute Gasteiger partial charge is 0.185 e. The summed E-state index contributed by atoms with van der Waals surface area (Å²) < 4.78 is 22.5. The lowest BCUT2D eigenvalue weighted by atomic mass is 10.4. The Morgan fingerprint density at radius 1 is 1.31 bits per heavy atom. The molecule has 0 aliphatic rings. The zero-order chi connectivity index (χ0) is 10.3. The molecule has 0 atom stereocenters. The maximum absolute atomic E-state index is 11.2. The first kappa shape index (κ1) is 13.0. The highest BCUT2D eigenvalue weighted by Gasteiger charge is 2.09. The lowest BCUT2D eigenvalue weighted by Gasteiger charge is -2.01. The minimum absolute atomic E-state index is 0.0225. The predicted molar refractivity (Wildman–Crippen MR) is 56.7 cm³/mol. The van der Waals surface area contributed by atoms with E-state index in [1.807, 2.05) is 6.92 Å². The Hall–Kier alpha value is -0.0300. The predicted octanol–water partition coefficient (Wildman–Crippen LogP) is 1.48. The van der Waals surface area contributed by atoms with Crippen LogP contribution in [0.4, 0.5) is 0 Å². The van der Waals surface area contributed by atoms with Gasteiger partial charge in [0.05, 0.1) is 11.5 Å². The maximum atomic E-state index is 11.2. The number of sulfone groups is 1. The van der Waals surface area contributed by atoms with Gasteiger partial charge in [-0.15, -0.1) is 0 Å². The number of carbonyl (C=O) groups is 1. The van der Waals surface area contributed by atoms with Crippen LogP contribution < -0.4 is 0 Å². The van der Waals surface area contributed by atoms with Crippen molar-refractivity contribution in [2.45, 2.75) is 26.7 Å². The van der Waals surface area contributed by atoms with Crippen LogP contribution in [-0.4, -0.2) is 30.8 Å². The molecule has 0 aliphatic heterocycles. The molecule has 0 heterocycles. The molecule has 0 aliphatic carbocycles. The van der Waals surface area contributed by atoms with Gasteiger partial charge in [0.2, 0.25) is 0 Å². The Balaban J connectivity index is 3.70. The quantitative estimate of drug-likeness (QED) is 0.686. The normalized spacial score (nSPS) is 11.5. The van der Waals surface area contributed by atoms with Crippen molar-refractivity contribution in [1.29, 1.82) is 0 Å². The minimum Gasteiger partial charge on any atom is -0.288 e. The summed E-state index contributed by atoms with van der Waals surface area (Å²) in [7, 11) is -2.91. The monoisotopic (exact) mass is 224 g/mol. The van der Waals surface area contributed by atoms with Gasteiger partial charge in [-0.2, -0.15) is 0 Å². The summed E-state index contributed by atoms with van der Waals surface area (Å²) in [6, 6.07) is 0. The van der Waals surface area contributed by atoms with Gasteiger partial charge >= 0.3 is 0 Å². The molecule has 3 nitrogen and oxygen atoms in total. The van der Waals surface area contributed by atoms with E-state index in [0.717, 1.165) is 18.2 Å². The molecule has 5 heteroatoms. The first-order valence-corrected chi connectivity index (χ1v) is 7.12. The summed E-state index contributed by atoms with van der Waals surface area (Å²) in [5.41, 5.74) is 0. The van der Waals surface area contributed by atoms with Crippen LogP contribution in [0.5, 0.6) is 0 Å². The summed E-state index contributed by atoms with van der Waals surface area (Å²) in [5.74, 6) is 0.764. The minimum atomic E-state index is -2.91. The lowest BCUT2D eigenvalue weighted by Crippen LogP contribution is -2.13. The van der Waals surface area contributed by atoms with Gasteiger partial charge < -0.3 is 0 Å². The fraction of sp³-hybridized carbons (Fsp3) is 0.875. The average molecular weight is 224 g/mol. The Kier molecular flexibility index (Phi) is 6.41. The molecule has 0 unspecified atom stereocenters. The lowest BCUT2D eigenvalue weighted by molar-refractivity contribution is -0.109. The van der Waals surface area contributed by atoms with E-state index >= 15 is 0 Å². The molecule has 0 saturated carbocycles. The van der Waals surface area contributed by atoms with Crippen LogP contribution in [0.1, 0.15) is 26.7 Å². The summed E-state index contributed by atoms with van der Waals surface area (Å²) in [4.78, 5) is 10.5. The van der Waals surface area contributed by atoms with Crippen molar-refractivity contribution >= 4 is 26.7 Å². The van der Waals surface area contributed by atoms with E-state index in [9.17, 15) is 13.2 Å². The third-order valence-electron chi connectivity index (χ3n) is 1.51.